The molecule has 1 aliphatic heterocycles. The first-order valence-corrected chi connectivity index (χ1v) is 8.95. The lowest BCUT2D eigenvalue weighted by Crippen LogP contribution is -2.62. The highest BCUT2D eigenvalue weighted by molar-refractivity contribution is 9.10. The zero-order valence-corrected chi connectivity index (χ0v) is 15.4. The minimum absolute atomic E-state index is 0.253. The van der Waals surface area contributed by atoms with Gasteiger partial charge >= 0.3 is 0 Å². The second-order valence-electron chi connectivity index (χ2n) is 7.03. The molecule has 2 atom stereocenters. The van der Waals surface area contributed by atoms with Crippen LogP contribution in [0.15, 0.2) is 28.7 Å². The van der Waals surface area contributed by atoms with Gasteiger partial charge in [0.2, 0.25) is 0 Å². The van der Waals surface area contributed by atoms with Crippen molar-refractivity contribution in [1.82, 2.24) is 10.2 Å². The van der Waals surface area contributed by atoms with Crippen molar-refractivity contribution in [3.63, 3.8) is 0 Å². The fourth-order valence-electron chi connectivity index (χ4n) is 3.19. The number of nitrogens with zero attached hydrogens (tertiary/aromatic N) is 1. The van der Waals surface area contributed by atoms with Gasteiger partial charge in [-0.1, -0.05) is 54.9 Å². The summed E-state index contributed by atoms with van der Waals surface area (Å²) in [5.74, 6) is 0.749. The highest BCUT2D eigenvalue weighted by Gasteiger charge is 2.36. The minimum Gasteiger partial charge on any atom is -0.311 e. The van der Waals surface area contributed by atoms with E-state index in [0.29, 0.717) is 6.04 Å². The van der Waals surface area contributed by atoms with Gasteiger partial charge < -0.3 is 5.32 Å². The summed E-state index contributed by atoms with van der Waals surface area (Å²) in [5, 5.41) is 3.77. The van der Waals surface area contributed by atoms with Crippen LogP contribution in [-0.4, -0.2) is 29.6 Å². The second-order valence-corrected chi connectivity index (χ2v) is 7.88. The molecule has 0 saturated carbocycles. The van der Waals surface area contributed by atoms with E-state index >= 15 is 0 Å². The smallest absolute Gasteiger partial charge is 0.0307 e. The molecule has 0 aliphatic carbocycles. The van der Waals surface area contributed by atoms with Gasteiger partial charge in [-0.25, -0.2) is 0 Å². The van der Waals surface area contributed by atoms with Crippen LogP contribution < -0.4 is 5.32 Å². The average Bonchev–Trinajstić information content (AvgIpc) is 2.44. The Hall–Kier alpha value is -0.380. The predicted molar refractivity (Wildman–Crippen MR) is 94.5 cm³/mol. The number of nitrogens with one attached hydrogen (secondary N) is 1. The minimum atomic E-state index is 0.253. The van der Waals surface area contributed by atoms with Crippen LogP contribution in [0.1, 0.15) is 46.1 Å². The van der Waals surface area contributed by atoms with E-state index in [9.17, 15) is 0 Å². The number of halogens is 1. The van der Waals surface area contributed by atoms with Gasteiger partial charge in [0.25, 0.3) is 0 Å². The van der Waals surface area contributed by atoms with Gasteiger partial charge in [0.05, 0.1) is 0 Å². The molecule has 21 heavy (non-hydrogen) atoms. The Balaban J connectivity index is 2.13. The molecule has 1 aromatic carbocycles. The summed E-state index contributed by atoms with van der Waals surface area (Å²) in [6.45, 7) is 12.6. The Morgan fingerprint density at radius 1 is 1.38 bits per heavy atom. The van der Waals surface area contributed by atoms with Crippen molar-refractivity contribution in [2.75, 3.05) is 13.1 Å². The number of piperazine rings is 1. The standard InChI is InChI=1S/C18H29BrN2/c1-5-18(4)13-20-16(10-14(2)3)12-21(18)11-15-8-6-7-9-17(15)19/h6-9,14,16,20H,5,10-13H2,1-4H3. The highest BCUT2D eigenvalue weighted by Crippen LogP contribution is 2.28. The van der Waals surface area contributed by atoms with Gasteiger partial charge in [-0.05, 0) is 37.3 Å². The number of benzene rings is 1. The summed E-state index contributed by atoms with van der Waals surface area (Å²) in [5.41, 5.74) is 1.64. The third-order valence-corrected chi connectivity index (χ3v) is 5.59. The molecular weight excluding hydrogens is 324 g/mol. The van der Waals surface area contributed by atoms with Gasteiger partial charge in [0.1, 0.15) is 0 Å². The van der Waals surface area contributed by atoms with Gasteiger partial charge in [0.15, 0.2) is 0 Å². The number of hydrogen-bond acceptors (Lipinski definition) is 2. The molecule has 2 rings (SSSR count). The van der Waals surface area contributed by atoms with E-state index < -0.39 is 0 Å². The van der Waals surface area contributed by atoms with E-state index in [-0.39, 0.29) is 5.54 Å². The Morgan fingerprint density at radius 3 is 2.71 bits per heavy atom. The lowest BCUT2D eigenvalue weighted by atomic mass is 9.89. The fraction of sp³-hybridized carbons (Fsp3) is 0.667. The molecule has 118 valence electrons. The number of hydrogen-bond donors (Lipinski definition) is 1. The highest BCUT2D eigenvalue weighted by atomic mass is 79.9. The van der Waals surface area contributed by atoms with Crippen molar-refractivity contribution >= 4 is 15.9 Å². The normalized spacial score (nSPS) is 27.2. The molecular formula is C18H29BrN2. The maximum Gasteiger partial charge on any atom is 0.0307 e. The topological polar surface area (TPSA) is 15.3 Å². The first-order chi connectivity index (χ1) is 9.94. The van der Waals surface area contributed by atoms with Crippen LogP contribution in [0.2, 0.25) is 0 Å². The summed E-state index contributed by atoms with van der Waals surface area (Å²) >= 11 is 3.70. The van der Waals surface area contributed by atoms with Crippen LogP contribution in [0, 0.1) is 5.92 Å². The third kappa shape index (κ3) is 4.30. The quantitative estimate of drug-likeness (QED) is 0.842. The second kappa shape index (κ2) is 7.26. The molecule has 0 radical (unpaired) electrons. The van der Waals surface area contributed by atoms with Crippen LogP contribution in [0.3, 0.4) is 0 Å². The molecule has 0 spiro atoms. The molecule has 3 heteroatoms. The van der Waals surface area contributed by atoms with Gasteiger partial charge in [-0.3, -0.25) is 4.90 Å². The van der Waals surface area contributed by atoms with Crippen LogP contribution in [0.5, 0.6) is 0 Å². The SMILES string of the molecule is CCC1(C)CNC(CC(C)C)CN1Cc1ccccc1Br. The van der Waals surface area contributed by atoms with E-state index in [4.69, 9.17) is 0 Å². The van der Waals surface area contributed by atoms with E-state index in [1.54, 1.807) is 0 Å². The Bertz CT molecular complexity index is 460. The first kappa shape index (κ1) is 17.0. The van der Waals surface area contributed by atoms with Gasteiger partial charge in [0, 0.05) is 35.7 Å². The molecule has 1 aromatic rings. The Morgan fingerprint density at radius 2 is 2.10 bits per heavy atom. The molecule has 1 aliphatic rings. The van der Waals surface area contributed by atoms with Crippen molar-refractivity contribution < 1.29 is 0 Å². The maximum absolute atomic E-state index is 3.77. The van der Waals surface area contributed by atoms with E-state index in [0.717, 1.165) is 25.6 Å². The third-order valence-electron chi connectivity index (χ3n) is 4.81. The monoisotopic (exact) mass is 352 g/mol. The van der Waals surface area contributed by atoms with Crippen LogP contribution >= 0.6 is 15.9 Å². The Labute approximate surface area is 138 Å². The summed E-state index contributed by atoms with van der Waals surface area (Å²) in [6.07, 6.45) is 2.44. The molecule has 1 heterocycles. The molecule has 1 fully saturated rings. The van der Waals surface area contributed by atoms with E-state index in [1.165, 1.54) is 22.9 Å². The zero-order chi connectivity index (χ0) is 15.5. The maximum atomic E-state index is 3.77. The van der Waals surface area contributed by atoms with Crippen molar-refractivity contribution in [2.45, 2.75) is 58.7 Å². The van der Waals surface area contributed by atoms with Crippen LogP contribution in [0.25, 0.3) is 0 Å². The lowest BCUT2D eigenvalue weighted by Gasteiger charge is -2.48. The summed E-state index contributed by atoms with van der Waals surface area (Å²) in [7, 11) is 0. The van der Waals surface area contributed by atoms with Crippen molar-refractivity contribution in [1.29, 1.82) is 0 Å². The fourth-order valence-corrected chi connectivity index (χ4v) is 3.60. The van der Waals surface area contributed by atoms with Gasteiger partial charge in [-0.15, -0.1) is 0 Å². The van der Waals surface area contributed by atoms with Crippen molar-refractivity contribution in [2.24, 2.45) is 5.92 Å². The molecule has 0 amide bonds. The average molecular weight is 353 g/mol. The first-order valence-electron chi connectivity index (χ1n) is 8.16. The van der Waals surface area contributed by atoms with Crippen molar-refractivity contribution in [3.8, 4) is 0 Å². The molecule has 2 unspecified atom stereocenters. The summed E-state index contributed by atoms with van der Waals surface area (Å²) in [4.78, 5) is 2.68. The van der Waals surface area contributed by atoms with E-state index in [1.807, 2.05) is 0 Å². The largest absolute Gasteiger partial charge is 0.311 e. The van der Waals surface area contributed by atoms with E-state index in [2.05, 4.69) is 78.1 Å². The van der Waals surface area contributed by atoms with Crippen LogP contribution in [0.4, 0.5) is 0 Å². The van der Waals surface area contributed by atoms with Crippen molar-refractivity contribution in [3.05, 3.63) is 34.3 Å². The summed E-state index contributed by atoms with van der Waals surface area (Å²) in [6, 6.07) is 9.22. The molecule has 2 nitrogen and oxygen atoms in total. The van der Waals surface area contributed by atoms with Gasteiger partial charge in [-0.2, -0.15) is 0 Å². The molecule has 0 aromatic heterocycles. The summed E-state index contributed by atoms with van der Waals surface area (Å²) < 4.78 is 1.22. The Kier molecular flexibility index (Phi) is 5.87. The zero-order valence-electron chi connectivity index (χ0n) is 13.8. The lowest BCUT2D eigenvalue weighted by molar-refractivity contribution is 0.0370. The molecule has 0 bridgehead atoms. The predicted octanol–water partition coefficient (Wildman–Crippen LogP) is 4.44. The number of rotatable bonds is 5. The van der Waals surface area contributed by atoms with Crippen LogP contribution in [-0.2, 0) is 6.54 Å². The molecule has 1 N–H and O–H groups in total. The molecule has 1 saturated heterocycles.